The van der Waals surface area contributed by atoms with Crippen LogP contribution in [0.5, 0.6) is 0 Å². The number of aliphatic carboxylic acids is 1. The van der Waals surface area contributed by atoms with Gasteiger partial charge in [0, 0.05) is 26.1 Å². The zero-order valence-electron chi connectivity index (χ0n) is 18.4. The number of hydrogen-bond acceptors (Lipinski definition) is 6. The first kappa shape index (κ1) is 25.2. The number of halogens is 3. The lowest BCUT2D eigenvalue weighted by molar-refractivity contribution is -0.192. The molecule has 2 aliphatic heterocycles. The summed E-state index contributed by atoms with van der Waals surface area (Å²) in [7, 11) is 0. The maximum absolute atomic E-state index is 12.4. The number of alkyl halides is 3. The van der Waals surface area contributed by atoms with Gasteiger partial charge in [0.2, 0.25) is 5.82 Å². The Morgan fingerprint density at radius 3 is 2.52 bits per heavy atom. The number of carboxylic acids is 1. The number of nitrogens with zero attached hydrogens (tertiary/aromatic N) is 4. The van der Waals surface area contributed by atoms with Gasteiger partial charge in [-0.15, -0.1) is 10.2 Å². The monoisotopic (exact) mass is 487 g/mol. The molecule has 182 valence electrons. The van der Waals surface area contributed by atoms with E-state index in [0.717, 1.165) is 51.3 Å². The predicted octanol–water partition coefficient (Wildman–Crippen LogP) is 3.34. The lowest BCUT2D eigenvalue weighted by atomic mass is 9.73. The smallest absolute Gasteiger partial charge is 0.475 e. The number of likely N-dealkylation sites (tertiary alicyclic amines) is 1. The van der Waals surface area contributed by atoms with Crippen LogP contribution in [0.3, 0.4) is 0 Å². The number of fused-ring (bicyclic) bond motifs is 1. The van der Waals surface area contributed by atoms with E-state index in [4.69, 9.17) is 9.90 Å². The highest BCUT2D eigenvalue weighted by Crippen LogP contribution is 2.41. The molecule has 4 heterocycles. The van der Waals surface area contributed by atoms with E-state index in [9.17, 15) is 18.0 Å². The quantitative estimate of drug-likeness (QED) is 0.671. The summed E-state index contributed by atoms with van der Waals surface area (Å²) in [6, 6.07) is 2.22. The Bertz CT molecular complexity index is 938. The minimum Gasteiger partial charge on any atom is -0.475 e. The SMILES string of the molecule is CCCNC(=O)c1nnc2n1CC1(CC2)CCN(Cc2ccsc2)CC1.O=C(O)C(F)(F)F. The third kappa shape index (κ3) is 6.53. The van der Waals surface area contributed by atoms with Crippen molar-refractivity contribution in [1.82, 2.24) is 25.0 Å². The van der Waals surface area contributed by atoms with E-state index in [1.54, 1.807) is 11.3 Å². The lowest BCUT2D eigenvalue weighted by Gasteiger charge is -2.44. The minimum atomic E-state index is -5.08. The molecule has 2 aromatic rings. The van der Waals surface area contributed by atoms with Crippen LogP contribution >= 0.6 is 11.3 Å². The molecule has 0 aliphatic carbocycles. The highest BCUT2D eigenvalue weighted by molar-refractivity contribution is 7.07. The van der Waals surface area contributed by atoms with E-state index in [0.29, 0.717) is 17.8 Å². The van der Waals surface area contributed by atoms with E-state index in [-0.39, 0.29) is 5.91 Å². The van der Waals surface area contributed by atoms with Crippen LogP contribution in [0, 0.1) is 5.41 Å². The summed E-state index contributed by atoms with van der Waals surface area (Å²) in [4.78, 5) is 23.9. The van der Waals surface area contributed by atoms with Gasteiger partial charge in [0.25, 0.3) is 5.91 Å². The first-order valence-electron chi connectivity index (χ1n) is 10.9. The van der Waals surface area contributed by atoms with Crippen LogP contribution in [-0.2, 0) is 24.3 Å². The highest BCUT2D eigenvalue weighted by atomic mass is 32.1. The van der Waals surface area contributed by atoms with Gasteiger partial charge in [0.05, 0.1) is 0 Å². The van der Waals surface area contributed by atoms with Crippen molar-refractivity contribution < 1.29 is 27.9 Å². The number of hydrogen-bond donors (Lipinski definition) is 2. The average Bonchev–Trinajstić information content (AvgIpc) is 3.43. The zero-order valence-corrected chi connectivity index (χ0v) is 19.2. The van der Waals surface area contributed by atoms with Crippen LogP contribution in [0.2, 0.25) is 0 Å². The Hall–Kier alpha value is -2.47. The van der Waals surface area contributed by atoms with Crippen molar-refractivity contribution in [3.05, 3.63) is 34.0 Å². The Labute approximate surface area is 193 Å². The number of rotatable bonds is 5. The van der Waals surface area contributed by atoms with Crippen molar-refractivity contribution in [1.29, 1.82) is 0 Å². The van der Waals surface area contributed by atoms with Crippen molar-refractivity contribution in [2.45, 2.75) is 58.3 Å². The Morgan fingerprint density at radius 1 is 1.24 bits per heavy atom. The second-order valence-electron chi connectivity index (χ2n) is 8.49. The molecule has 4 rings (SSSR count). The van der Waals surface area contributed by atoms with E-state index in [2.05, 4.69) is 48.7 Å². The van der Waals surface area contributed by atoms with E-state index < -0.39 is 12.1 Å². The van der Waals surface area contributed by atoms with Crippen LogP contribution < -0.4 is 5.32 Å². The van der Waals surface area contributed by atoms with Crippen LogP contribution in [-0.4, -0.2) is 62.5 Å². The first-order chi connectivity index (χ1) is 15.6. The van der Waals surface area contributed by atoms with Crippen LogP contribution in [0.4, 0.5) is 13.2 Å². The zero-order chi connectivity index (χ0) is 24.1. The fourth-order valence-electron chi connectivity index (χ4n) is 4.20. The molecule has 33 heavy (non-hydrogen) atoms. The van der Waals surface area contributed by atoms with E-state index >= 15 is 0 Å². The van der Waals surface area contributed by atoms with Crippen molar-refractivity contribution in [3.8, 4) is 0 Å². The molecule has 8 nitrogen and oxygen atoms in total. The van der Waals surface area contributed by atoms with Gasteiger partial charge >= 0.3 is 12.1 Å². The fourth-order valence-corrected chi connectivity index (χ4v) is 4.86. The molecule has 0 aromatic carbocycles. The second kappa shape index (κ2) is 10.6. The van der Waals surface area contributed by atoms with E-state index in [1.165, 1.54) is 18.4 Å². The molecular weight excluding hydrogens is 459 g/mol. The van der Waals surface area contributed by atoms with Gasteiger partial charge < -0.3 is 15.0 Å². The van der Waals surface area contributed by atoms with Crippen LogP contribution in [0.1, 0.15) is 54.6 Å². The standard InChI is InChI=1S/C19H27N5OS.C2HF3O2/c1-2-8-20-18(25)17-22-21-16-3-5-19(14-24(16)17)6-9-23(10-7-19)12-15-4-11-26-13-15;3-2(4,5)1(6)7/h4,11,13H,2-3,5-10,12,14H2,1H3,(H,20,25);(H,6,7). The summed E-state index contributed by atoms with van der Waals surface area (Å²) in [6.45, 7) is 6.94. The van der Waals surface area contributed by atoms with Gasteiger partial charge in [-0.3, -0.25) is 9.69 Å². The number of amides is 1. The summed E-state index contributed by atoms with van der Waals surface area (Å²) < 4.78 is 33.8. The fraction of sp³-hybridized carbons (Fsp3) is 0.619. The molecule has 2 N–H and O–H groups in total. The van der Waals surface area contributed by atoms with Crippen LogP contribution in [0.25, 0.3) is 0 Å². The largest absolute Gasteiger partial charge is 0.490 e. The molecule has 1 spiro atoms. The maximum atomic E-state index is 12.4. The lowest BCUT2D eigenvalue weighted by Crippen LogP contribution is -2.44. The number of piperidine rings is 1. The van der Waals surface area contributed by atoms with Gasteiger partial charge in [-0.05, 0) is 66.6 Å². The van der Waals surface area contributed by atoms with Gasteiger partial charge in [-0.1, -0.05) is 6.92 Å². The molecule has 12 heteroatoms. The van der Waals surface area contributed by atoms with Crippen molar-refractivity contribution >= 4 is 23.2 Å². The summed E-state index contributed by atoms with van der Waals surface area (Å²) in [5.74, 6) is -1.38. The summed E-state index contributed by atoms with van der Waals surface area (Å²) in [5, 5.41) is 22.9. The third-order valence-electron chi connectivity index (χ3n) is 6.08. The topological polar surface area (TPSA) is 100 Å². The van der Waals surface area contributed by atoms with Gasteiger partial charge in [-0.2, -0.15) is 24.5 Å². The number of aryl methyl sites for hydroxylation is 1. The first-order valence-corrected chi connectivity index (χ1v) is 11.8. The molecule has 1 saturated heterocycles. The molecule has 0 unspecified atom stereocenters. The summed E-state index contributed by atoms with van der Waals surface area (Å²) in [5.41, 5.74) is 1.71. The Kier molecular flexibility index (Phi) is 8.11. The number of carboxylic acid groups (broad SMARTS) is 1. The maximum Gasteiger partial charge on any atom is 0.490 e. The van der Waals surface area contributed by atoms with Gasteiger partial charge in [0.15, 0.2) is 0 Å². The summed E-state index contributed by atoms with van der Waals surface area (Å²) >= 11 is 1.77. The minimum absolute atomic E-state index is 0.0856. The normalized spacial score (nSPS) is 17.7. The number of carbonyl (C=O) groups excluding carboxylic acids is 1. The molecule has 0 bridgehead atoms. The summed E-state index contributed by atoms with van der Waals surface area (Å²) in [6.07, 6.45) is 0.304. The third-order valence-corrected chi connectivity index (χ3v) is 6.82. The predicted molar refractivity (Wildman–Crippen MR) is 116 cm³/mol. The molecule has 1 amide bonds. The molecule has 1 fully saturated rings. The Morgan fingerprint density at radius 2 is 1.94 bits per heavy atom. The molecular formula is C21H28F3N5O3S. The number of carbonyl (C=O) groups is 2. The number of aromatic nitrogens is 3. The van der Waals surface area contributed by atoms with Gasteiger partial charge in [-0.25, -0.2) is 4.79 Å². The molecule has 2 aromatic heterocycles. The van der Waals surface area contributed by atoms with Crippen molar-refractivity contribution in [2.75, 3.05) is 19.6 Å². The average molecular weight is 488 g/mol. The number of nitrogens with one attached hydrogen (secondary N) is 1. The molecule has 0 saturated carbocycles. The van der Waals surface area contributed by atoms with E-state index in [1.807, 2.05) is 0 Å². The molecule has 2 aliphatic rings. The molecule has 0 atom stereocenters. The van der Waals surface area contributed by atoms with Crippen LogP contribution in [0.15, 0.2) is 16.8 Å². The number of thiophene rings is 1. The van der Waals surface area contributed by atoms with Crippen molar-refractivity contribution in [3.63, 3.8) is 0 Å². The second-order valence-corrected chi connectivity index (χ2v) is 9.27. The Balaban J connectivity index is 0.000000383. The van der Waals surface area contributed by atoms with Gasteiger partial charge in [0.1, 0.15) is 5.82 Å². The van der Waals surface area contributed by atoms with Crippen molar-refractivity contribution in [2.24, 2.45) is 5.41 Å². The highest BCUT2D eigenvalue weighted by Gasteiger charge is 2.40. The molecule has 0 radical (unpaired) electrons.